The summed E-state index contributed by atoms with van der Waals surface area (Å²) in [4.78, 5) is 11.6. The Bertz CT molecular complexity index is 403. The molecule has 1 aromatic carbocycles. The summed E-state index contributed by atoms with van der Waals surface area (Å²) >= 11 is 0. The van der Waals surface area contributed by atoms with Crippen LogP contribution in [0.3, 0.4) is 0 Å². The molecule has 2 N–H and O–H groups in total. The molecule has 1 saturated carbocycles. The number of aliphatic hydroxyl groups is 1. The number of carbonyl (C=O) groups excluding carboxylic acids is 1. The van der Waals surface area contributed by atoms with E-state index in [1.54, 1.807) is 6.92 Å². The molecule has 2 atom stereocenters. The Morgan fingerprint density at radius 1 is 1.50 bits per heavy atom. The summed E-state index contributed by atoms with van der Waals surface area (Å²) in [6.07, 6.45) is 1.69. The van der Waals surface area contributed by atoms with Gasteiger partial charge in [0.15, 0.2) is 0 Å². The van der Waals surface area contributed by atoms with E-state index in [0.717, 1.165) is 18.4 Å². The SMILES string of the molecule is CC1(O)CCC(NC(=O)OCc2ccccc2)C1. The van der Waals surface area contributed by atoms with Gasteiger partial charge < -0.3 is 15.2 Å². The topological polar surface area (TPSA) is 58.6 Å². The Balaban J connectivity index is 1.73. The number of amides is 1. The maximum absolute atomic E-state index is 11.6. The fourth-order valence-electron chi connectivity index (χ4n) is 2.27. The van der Waals surface area contributed by atoms with Crippen molar-refractivity contribution in [2.24, 2.45) is 0 Å². The molecule has 0 heterocycles. The Morgan fingerprint density at radius 3 is 2.83 bits per heavy atom. The van der Waals surface area contributed by atoms with E-state index in [4.69, 9.17) is 4.74 Å². The second-order valence-corrected chi connectivity index (χ2v) is 5.14. The van der Waals surface area contributed by atoms with E-state index in [9.17, 15) is 9.90 Å². The van der Waals surface area contributed by atoms with Crippen molar-refractivity contribution >= 4 is 6.09 Å². The van der Waals surface area contributed by atoms with Crippen molar-refractivity contribution in [1.29, 1.82) is 0 Å². The molecule has 0 aliphatic heterocycles. The highest BCUT2D eigenvalue weighted by Crippen LogP contribution is 2.29. The highest BCUT2D eigenvalue weighted by atomic mass is 16.5. The van der Waals surface area contributed by atoms with Crippen LogP contribution in [0.15, 0.2) is 30.3 Å². The summed E-state index contributed by atoms with van der Waals surface area (Å²) in [5, 5.41) is 12.6. The normalized spacial score (nSPS) is 26.9. The van der Waals surface area contributed by atoms with E-state index in [0.29, 0.717) is 6.42 Å². The number of alkyl carbamates (subject to hydrolysis) is 1. The molecule has 1 aliphatic carbocycles. The predicted octanol–water partition coefficient (Wildman–Crippen LogP) is 2.22. The minimum Gasteiger partial charge on any atom is -0.445 e. The van der Waals surface area contributed by atoms with Crippen molar-refractivity contribution in [3.8, 4) is 0 Å². The Hall–Kier alpha value is -1.55. The van der Waals surface area contributed by atoms with Crippen LogP contribution in [0, 0.1) is 0 Å². The van der Waals surface area contributed by atoms with E-state index in [1.807, 2.05) is 30.3 Å². The minimum absolute atomic E-state index is 0.0169. The molecule has 2 unspecified atom stereocenters. The van der Waals surface area contributed by atoms with Crippen molar-refractivity contribution in [3.05, 3.63) is 35.9 Å². The summed E-state index contributed by atoms with van der Waals surface area (Å²) in [5.41, 5.74) is 0.309. The Morgan fingerprint density at radius 2 is 2.22 bits per heavy atom. The van der Waals surface area contributed by atoms with Crippen LogP contribution < -0.4 is 5.32 Å². The van der Waals surface area contributed by atoms with Crippen LogP contribution in [0.4, 0.5) is 4.79 Å². The van der Waals surface area contributed by atoms with Gasteiger partial charge >= 0.3 is 6.09 Å². The third-order valence-corrected chi connectivity index (χ3v) is 3.25. The van der Waals surface area contributed by atoms with Gasteiger partial charge in [-0.1, -0.05) is 30.3 Å². The van der Waals surface area contributed by atoms with Crippen molar-refractivity contribution in [2.75, 3.05) is 0 Å². The number of carbonyl (C=O) groups is 1. The lowest BCUT2D eigenvalue weighted by atomic mass is 10.1. The van der Waals surface area contributed by atoms with Gasteiger partial charge in [-0.3, -0.25) is 0 Å². The van der Waals surface area contributed by atoms with Gasteiger partial charge in [0.2, 0.25) is 0 Å². The Kier molecular flexibility index (Phi) is 3.87. The van der Waals surface area contributed by atoms with Gasteiger partial charge in [0, 0.05) is 6.04 Å². The molecular formula is C14H19NO3. The molecule has 4 nitrogen and oxygen atoms in total. The lowest BCUT2D eigenvalue weighted by Gasteiger charge is -2.16. The number of ether oxygens (including phenoxy) is 1. The third kappa shape index (κ3) is 3.74. The summed E-state index contributed by atoms with van der Waals surface area (Å²) < 4.78 is 5.13. The van der Waals surface area contributed by atoms with Crippen LogP contribution in [0.1, 0.15) is 31.7 Å². The molecule has 1 aliphatic rings. The van der Waals surface area contributed by atoms with Crippen LogP contribution in [0.2, 0.25) is 0 Å². The van der Waals surface area contributed by atoms with Crippen LogP contribution in [-0.2, 0) is 11.3 Å². The number of nitrogens with one attached hydrogen (secondary N) is 1. The highest BCUT2D eigenvalue weighted by molar-refractivity contribution is 5.67. The molecule has 4 heteroatoms. The zero-order valence-electron chi connectivity index (χ0n) is 10.6. The fraction of sp³-hybridized carbons (Fsp3) is 0.500. The molecule has 2 rings (SSSR count). The number of hydrogen-bond donors (Lipinski definition) is 2. The van der Waals surface area contributed by atoms with Gasteiger partial charge in [-0.25, -0.2) is 4.79 Å². The number of benzene rings is 1. The van der Waals surface area contributed by atoms with Crippen LogP contribution in [0.5, 0.6) is 0 Å². The lowest BCUT2D eigenvalue weighted by Crippen LogP contribution is -2.35. The molecule has 0 saturated heterocycles. The van der Waals surface area contributed by atoms with E-state index >= 15 is 0 Å². The smallest absolute Gasteiger partial charge is 0.407 e. The van der Waals surface area contributed by atoms with Crippen molar-refractivity contribution in [1.82, 2.24) is 5.32 Å². The van der Waals surface area contributed by atoms with Gasteiger partial charge in [-0.2, -0.15) is 0 Å². The maximum atomic E-state index is 11.6. The van der Waals surface area contributed by atoms with E-state index in [1.165, 1.54) is 0 Å². The molecule has 1 amide bonds. The summed E-state index contributed by atoms with van der Waals surface area (Å²) in [5.74, 6) is 0. The standard InChI is InChI=1S/C14H19NO3/c1-14(17)8-7-12(9-14)15-13(16)18-10-11-5-3-2-4-6-11/h2-6,12,17H,7-10H2,1H3,(H,15,16). The average Bonchev–Trinajstić information content (AvgIpc) is 2.67. The van der Waals surface area contributed by atoms with Gasteiger partial charge in [0.25, 0.3) is 0 Å². The van der Waals surface area contributed by atoms with Crippen molar-refractivity contribution in [2.45, 2.75) is 44.4 Å². The average molecular weight is 249 g/mol. The zero-order chi connectivity index (χ0) is 13.0. The summed E-state index contributed by atoms with van der Waals surface area (Å²) in [6.45, 7) is 2.07. The Labute approximate surface area is 107 Å². The molecule has 0 aromatic heterocycles. The fourth-order valence-corrected chi connectivity index (χ4v) is 2.27. The van der Waals surface area contributed by atoms with Gasteiger partial charge in [0.1, 0.15) is 6.61 Å². The molecule has 18 heavy (non-hydrogen) atoms. The molecule has 1 aromatic rings. The van der Waals surface area contributed by atoms with Crippen LogP contribution in [-0.4, -0.2) is 22.8 Å². The van der Waals surface area contributed by atoms with E-state index < -0.39 is 11.7 Å². The maximum Gasteiger partial charge on any atom is 0.407 e. The highest BCUT2D eigenvalue weighted by Gasteiger charge is 2.33. The van der Waals surface area contributed by atoms with Crippen molar-refractivity contribution < 1.29 is 14.6 Å². The first-order chi connectivity index (χ1) is 8.55. The minimum atomic E-state index is -0.655. The first-order valence-electron chi connectivity index (χ1n) is 6.25. The van der Waals surface area contributed by atoms with Gasteiger partial charge in [-0.05, 0) is 31.7 Å². The summed E-state index contributed by atoms with van der Waals surface area (Å²) in [7, 11) is 0. The number of rotatable bonds is 3. The molecule has 1 fully saturated rings. The second kappa shape index (κ2) is 5.40. The number of hydrogen-bond acceptors (Lipinski definition) is 3. The zero-order valence-corrected chi connectivity index (χ0v) is 10.6. The third-order valence-electron chi connectivity index (χ3n) is 3.25. The van der Waals surface area contributed by atoms with E-state index in [-0.39, 0.29) is 12.6 Å². The van der Waals surface area contributed by atoms with Crippen molar-refractivity contribution in [3.63, 3.8) is 0 Å². The molecule has 0 bridgehead atoms. The monoisotopic (exact) mass is 249 g/mol. The van der Waals surface area contributed by atoms with Gasteiger partial charge in [0.05, 0.1) is 5.60 Å². The van der Waals surface area contributed by atoms with Gasteiger partial charge in [-0.15, -0.1) is 0 Å². The second-order valence-electron chi connectivity index (χ2n) is 5.14. The molecule has 98 valence electrons. The first kappa shape index (κ1) is 12.9. The molecule has 0 radical (unpaired) electrons. The van der Waals surface area contributed by atoms with Crippen LogP contribution in [0.25, 0.3) is 0 Å². The predicted molar refractivity (Wildman–Crippen MR) is 68.0 cm³/mol. The first-order valence-corrected chi connectivity index (χ1v) is 6.25. The molecular weight excluding hydrogens is 230 g/mol. The molecule has 0 spiro atoms. The largest absolute Gasteiger partial charge is 0.445 e. The van der Waals surface area contributed by atoms with Crippen LogP contribution >= 0.6 is 0 Å². The lowest BCUT2D eigenvalue weighted by molar-refractivity contribution is 0.0649. The summed E-state index contributed by atoms with van der Waals surface area (Å²) in [6, 6.07) is 9.57. The van der Waals surface area contributed by atoms with E-state index in [2.05, 4.69) is 5.32 Å². The quantitative estimate of drug-likeness (QED) is 0.863.